The van der Waals surface area contributed by atoms with E-state index in [0.717, 1.165) is 22.6 Å². The molecule has 2 N–H and O–H groups in total. The number of methoxy groups -OCH3 is 1. The molecule has 2 heterocycles. The number of hydrogen-bond acceptors (Lipinski definition) is 4. The first-order valence-corrected chi connectivity index (χ1v) is 6.84. The quantitative estimate of drug-likeness (QED) is 0.868. The summed E-state index contributed by atoms with van der Waals surface area (Å²) in [7, 11) is 1.62. The Morgan fingerprint density at radius 2 is 2.19 bits per heavy atom. The van der Waals surface area contributed by atoms with Crippen LogP contribution in [0.2, 0.25) is 0 Å². The Balaban J connectivity index is 2.47. The molecule has 0 amide bonds. The number of thiocarbonyl (C=S) groups is 1. The lowest BCUT2D eigenvalue weighted by Crippen LogP contribution is -2.29. The second kappa shape index (κ2) is 6.05. The van der Waals surface area contributed by atoms with Crippen LogP contribution in [-0.4, -0.2) is 21.6 Å². The van der Waals surface area contributed by atoms with Crippen LogP contribution >= 0.6 is 12.2 Å². The number of hydrogen-bond donors (Lipinski definition) is 1. The van der Waals surface area contributed by atoms with Gasteiger partial charge in [0.1, 0.15) is 10.7 Å². The van der Waals surface area contributed by atoms with E-state index in [9.17, 15) is 4.79 Å². The van der Waals surface area contributed by atoms with E-state index in [4.69, 9.17) is 22.7 Å². The zero-order valence-electron chi connectivity index (χ0n) is 12.2. The van der Waals surface area contributed by atoms with Gasteiger partial charge in [0.2, 0.25) is 0 Å². The van der Waals surface area contributed by atoms with Crippen molar-refractivity contribution in [2.75, 3.05) is 7.11 Å². The summed E-state index contributed by atoms with van der Waals surface area (Å²) in [6, 6.07) is 3.37. The van der Waals surface area contributed by atoms with Gasteiger partial charge in [0.05, 0.1) is 24.9 Å². The molecule has 2 aromatic heterocycles. The molecule has 0 bridgehead atoms. The Hall–Kier alpha value is -2.21. The van der Waals surface area contributed by atoms with Crippen molar-refractivity contribution in [3.8, 4) is 5.75 Å². The molecule has 6 heteroatoms. The molecule has 110 valence electrons. The molecule has 2 rings (SSSR count). The zero-order chi connectivity index (χ0) is 15.6. The number of aryl methyl sites for hydroxylation is 1. The third-order valence-electron chi connectivity index (χ3n) is 3.36. The lowest BCUT2D eigenvalue weighted by Gasteiger charge is -2.13. The van der Waals surface area contributed by atoms with Crippen molar-refractivity contribution < 1.29 is 4.74 Å². The number of pyridine rings is 2. The molecule has 0 spiro atoms. The number of aromatic nitrogens is 2. The van der Waals surface area contributed by atoms with Gasteiger partial charge >= 0.3 is 0 Å². The first-order valence-electron chi connectivity index (χ1n) is 6.44. The zero-order valence-corrected chi connectivity index (χ0v) is 13.0. The van der Waals surface area contributed by atoms with Crippen LogP contribution in [0.25, 0.3) is 0 Å². The van der Waals surface area contributed by atoms with Crippen LogP contribution in [0.1, 0.15) is 22.4 Å². The fourth-order valence-electron chi connectivity index (χ4n) is 2.24. The van der Waals surface area contributed by atoms with Gasteiger partial charge in [0.15, 0.2) is 0 Å². The van der Waals surface area contributed by atoms with Crippen molar-refractivity contribution in [2.24, 2.45) is 5.73 Å². The van der Waals surface area contributed by atoms with Gasteiger partial charge in [-0.3, -0.25) is 9.78 Å². The number of nitrogens with zero attached hydrogens (tertiary/aromatic N) is 2. The van der Waals surface area contributed by atoms with E-state index in [2.05, 4.69) is 4.98 Å². The van der Waals surface area contributed by atoms with Gasteiger partial charge in [-0.1, -0.05) is 12.2 Å². The van der Waals surface area contributed by atoms with Crippen LogP contribution < -0.4 is 16.0 Å². The molecule has 0 aliphatic heterocycles. The molecule has 0 unspecified atom stereocenters. The lowest BCUT2D eigenvalue weighted by atomic mass is 10.1. The average Bonchev–Trinajstić information content (AvgIpc) is 2.44. The number of nitrogens with two attached hydrogens (primary N) is 1. The summed E-state index contributed by atoms with van der Waals surface area (Å²) in [4.78, 5) is 16.8. The summed E-state index contributed by atoms with van der Waals surface area (Å²) in [6.07, 6.45) is 3.43. The van der Waals surface area contributed by atoms with E-state index < -0.39 is 0 Å². The molecule has 0 aliphatic carbocycles. The topological polar surface area (TPSA) is 70.1 Å². The molecular weight excluding hydrogens is 286 g/mol. The summed E-state index contributed by atoms with van der Waals surface area (Å²) in [5.41, 5.74) is 8.34. The molecule has 0 aromatic carbocycles. The van der Waals surface area contributed by atoms with E-state index >= 15 is 0 Å². The maximum absolute atomic E-state index is 12.3. The van der Waals surface area contributed by atoms with Crippen LogP contribution in [-0.2, 0) is 6.54 Å². The van der Waals surface area contributed by atoms with Gasteiger partial charge < -0.3 is 15.0 Å². The van der Waals surface area contributed by atoms with Gasteiger partial charge in [-0.15, -0.1) is 0 Å². The van der Waals surface area contributed by atoms with Crippen molar-refractivity contribution in [1.82, 2.24) is 9.55 Å². The van der Waals surface area contributed by atoms with E-state index in [0.29, 0.717) is 12.1 Å². The number of rotatable bonds is 4. The monoisotopic (exact) mass is 303 g/mol. The lowest BCUT2D eigenvalue weighted by molar-refractivity contribution is 0.406. The molecule has 0 saturated heterocycles. The fourth-order valence-corrected chi connectivity index (χ4v) is 2.40. The highest BCUT2D eigenvalue weighted by Crippen LogP contribution is 2.24. The van der Waals surface area contributed by atoms with Crippen LogP contribution in [0.15, 0.2) is 29.3 Å². The summed E-state index contributed by atoms with van der Waals surface area (Å²) >= 11 is 4.89. The molecule has 0 radical (unpaired) electrons. The summed E-state index contributed by atoms with van der Waals surface area (Å²) in [5.74, 6) is 0.790. The van der Waals surface area contributed by atoms with Crippen molar-refractivity contribution in [2.45, 2.75) is 20.4 Å². The van der Waals surface area contributed by atoms with E-state index in [-0.39, 0.29) is 10.5 Å². The predicted octanol–water partition coefficient (Wildman–Crippen LogP) is 1.55. The highest BCUT2D eigenvalue weighted by Gasteiger charge is 2.12. The highest BCUT2D eigenvalue weighted by atomic mass is 32.1. The van der Waals surface area contributed by atoms with Crippen LogP contribution in [0.3, 0.4) is 0 Å². The van der Waals surface area contributed by atoms with Crippen LogP contribution in [0, 0.1) is 13.8 Å². The molecule has 5 nitrogen and oxygen atoms in total. The van der Waals surface area contributed by atoms with Gasteiger partial charge in [0.25, 0.3) is 5.56 Å². The Bertz CT molecular complexity index is 753. The third-order valence-corrected chi connectivity index (χ3v) is 3.58. The summed E-state index contributed by atoms with van der Waals surface area (Å²) < 4.78 is 6.92. The van der Waals surface area contributed by atoms with Crippen LogP contribution in [0.4, 0.5) is 0 Å². The van der Waals surface area contributed by atoms with Crippen LogP contribution in [0.5, 0.6) is 5.75 Å². The molecule has 21 heavy (non-hydrogen) atoms. The molecule has 0 aliphatic rings. The summed E-state index contributed by atoms with van der Waals surface area (Å²) in [6.45, 7) is 4.21. The minimum Gasteiger partial charge on any atom is -0.496 e. The predicted molar refractivity (Wildman–Crippen MR) is 86.0 cm³/mol. The summed E-state index contributed by atoms with van der Waals surface area (Å²) in [5, 5.41) is 0. The largest absolute Gasteiger partial charge is 0.496 e. The van der Waals surface area contributed by atoms with Crippen molar-refractivity contribution >= 4 is 17.2 Å². The van der Waals surface area contributed by atoms with E-state index in [1.807, 2.05) is 13.8 Å². The van der Waals surface area contributed by atoms with Crippen molar-refractivity contribution in [3.63, 3.8) is 0 Å². The standard InChI is InChI=1S/C15H17N3O2S/c1-9-7-17-12(10(2)13(9)20-3)8-18-6-4-5-11(14(16)21)15(18)19/h4-7H,8H2,1-3H3,(H2,16,21). The first-order chi connectivity index (χ1) is 9.95. The van der Waals surface area contributed by atoms with Crippen molar-refractivity contribution in [3.05, 3.63) is 57.3 Å². The number of ether oxygens (including phenoxy) is 1. The maximum atomic E-state index is 12.3. The minimum absolute atomic E-state index is 0.0977. The fraction of sp³-hybridized carbons (Fsp3) is 0.267. The maximum Gasteiger partial charge on any atom is 0.261 e. The Labute approximate surface area is 128 Å². The van der Waals surface area contributed by atoms with Crippen molar-refractivity contribution in [1.29, 1.82) is 0 Å². The molecular formula is C15H17N3O2S. The molecule has 0 fully saturated rings. The van der Waals surface area contributed by atoms with Gasteiger partial charge in [0, 0.05) is 23.5 Å². The molecule has 0 atom stereocenters. The third kappa shape index (κ3) is 2.95. The molecule has 2 aromatic rings. The smallest absolute Gasteiger partial charge is 0.261 e. The SMILES string of the molecule is COc1c(C)cnc(Cn2cccc(C(N)=S)c2=O)c1C. The second-order valence-corrected chi connectivity index (χ2v) is 5.21. The molecule has 0 saturated carbocycles. The Morgan fingerprint density at radius 3 is 2.81 bits per heavy atom. The Morgan fingerprint density at radius 1 is 1.48 bits per heavy atom. The van der Waals surface area contributed by atoms with Gasteiger partial charge in [-0.25, -0.2) is 0 Å². The van der Waals surface area contributed by atoms with Gasteiger partial charge in [-0.05, 0) is 26.0 Å². The normalized spacial score (nSPS) is 10.4. The van der Waals surface area contributed by atoms with E-state index in [1.54, 1.807) is 36.2 Å². The second-order valence-electron chi connectivity index (χ2n) is 4.77. The van der Waals surface area contributed by atoms with Gasteiger partial charge in [-0.2, -0.15) is 0 Å². The highest BCUT2D eigenvalue weighted by molar-refractivity contribution is 7.80. The average molecular weight is 303 g/mol. The Kier molecular flexibility index (Phi) is 4.37. The minimum atomic E-state index is -0.217. The first kappa shape index (κ1) is 15.2. The van der Waals surface area contributed by atoms with E-state index in [1.165, 1.54) is 0 Å².